The number of imidazole rings is 1. The summed E-state index contributed by atoms with van der Waals surface area (Å²) in [5.74, 6) is 0.154. The minimum absolute atomic E-state index is 0.105. The lowest BCUT2D eigenvalue weighted by Gasteiger charge is -2.11. The Morgan fingerprint density at radius 2 is 2.25 bits per heavy atom. The number of rotatable bonds is 5. The van der Waals surface area contributed by atoms with Crippen LogP contribution in [-0.4, -0.2) is 26.2 Å². The molecule has 0 aliphatic carbocycles. The first-order valence-electron chi connectivity index (χ1n) is 7.18. The highest BCUT2D eigenvalue weighted by Crippen LogP contribution is 2.26. The molecule has 0 saturated carbocycles. The largest absolute Gasteiger partial charge is 0.301 e. The topological polar surface area (TPSA) is 59.8 Å². The van der Waals surface area contributed by atoms with Gasteiger partial charge in [0, 0.05) is 22.8 Å². The van der Waals surface area contributed by atoms with Gasteiger partial charge in [0.1, 0.15) is 0 Å². The number of anilines is 1. The van der Waals surface area contributed by atoms with E-state index in [1.54, 1.807) is 6.20 Å². The standard InChI is InChI=1S/C16H15ClN4OS2/c1-10-8-23-15(19-10)20-14(22)9-24-16-18-6-7-21(16)13-5-3-4-12(17)11(13)2/h3-8H,9H2,1-2H3,(H,19,20,22). The first-order chi connectivity index (χ1) is 11.5. The van der Waals surface area contributed by atoms with Crippen LogP contribution in [0.5, 0.6) is 0 Å². The van der Waals surface area contributed by atoms with Gasteiger partial charge in [0.15, 0.2) is 10.3 Å². The van der Waals surface area contributed by atoms with Gasteiger partial charge in [-0.1, -0.05) is 29.4 Å². The van der Waals surface area contributed by atoms with Crippen molar-refractivity contribution < 1.29 is 4.79 Å². The number of amides is 1. The lowest BCUT2D eigenvalue weighted by Crippen LogP contribution is -2.14. The number of nitrogens with one attached hydrogen (secondary N) is 1. The Hall–Kier alpha value is -1.83. The molecule has 2 aromatic heterocycles. The van der Waals surface area contributed by atoms with Crippen LogP contribution < -0.4 is 5.32 Å². The number of carbonyl (C=O) groups is 1. The maximum atomic E-state index is 12.1. The van der Waals surface area contributed by atoms with Crippen LogP contribution in [-0.2, 0) is 4.79 Å². The minimum atomic E-state index is -0.105. The van der Waals surface area contributed by atoms with Gasteiger partial charge >= 0.3 is 0 Å². The van der Waals surface area contributed by atoms with Gasteiger partial charge in [-0.3, -0.25) is 9.36 Å². The zero-order valence-electron chi connectivity index (χ0n) is 13.1. The highest BCUT2D eigenvalue weighted by molar-refractivity contribution is 7.99. The van der Waals surface area contributed by atoms with E-state index in [1.807, 2.05) is 48.2 Å². The molecule has 0 saturated heterocycles. The summed E-state index contributed by atoms with van der Waals surface area (Å²) in [4.78, 5) is 20.6. The molecule has 2 heterocycles. The molecule has 0 bridgehead atoms. The summed E-state index contributed by atoms with van der Waals surface area (Å²) >= 11 is 8.98. The number of benzene rings is 1. The van der Waals surface area contributed by atoms with E-state index in [1.165, 1.54) is 23.1 Å². The van der Waals surface area contributed by atoms with E-state index in [-0.39, 0.29) is 11.7 Å². The molecular formula is C16H15ClN4OS2. The second kappa shape index (κ2) is 7.38. The molecular weight excluding hydrogens is 364 g/mol. The molecule has 0 atom stereocenters. The SMILES string of the molecule is Cc1csc(NC(=O)CSc2nccn2-c2cccc(Cl)c2C)n1. The number of thiazole rings is 1. The molecule has 24 heavy (non-hydrogen) atoms. The van der Waals surface area contributed by atoms with Gasteiger partial charge in [-0.2, -0.15) is 0 Å². The second-order valence-electron chi connectivity index (χ2n) is 5.09. The Kier molecular flexibility index (Phi) is 5.23. The number of nitrogens with zero attached hydrogens (tertiary/aromatic N) is 3. The minimum Gasteiger partial charge on any atom is -0.301 e. The summed E-state index contributed by atoms with van der Waals surface area (Å²) in [6.45, 7) is 3.86. The van der Waals surface area contributed by atoms with Crippen molar-refractivity contribution in [3.8, 4) is 5.69 Å². The van der Waals surface area contributed by atoms with Crippen LogP contribution in [0, 0.1) is 13.8 Å². The maximum absolute atomic E-state index is 12.1. The van der Waals surface area contributed by atoms with Gasteiger partial charge < -0.3 is 5.32 Å². The first kappa shape index (κ1) is 17.0. The highest BCUT2D eigenvalue weighted by atomic mass is 35.5. The third-order valence-electron chi connectivity index (χ3n) is 3.30. The maximum Gasteiger partial charge on any atom is 0.236 e. The summed E-state index contributed by atoms with van der Waals surface area (Å²) in [5, 5.41) is 6.76. The van der Waals surface area contributed by atoms with Crippen LogP contribution in [0.25, 0.3) is 5.69 Å². The van der Waals surface area contributed by atoms with E-state index >= 15 is 0 Å². The summed E-state index contributed by atoms with van der Waals surface area (Å²) in [6.07, 6.45) is 3.58. The van der Waals surface area contributed by atoms with Crippen molar-refractivity contribution >= 4 is 45.7 Å². The molecule has 0 aliphatic heterocycles. The predicted molar refractivity (Wildman–Crippen MR) is 99.5 cm³/mol. The quantitative estimate of drug-likeness (QED) is 0.671. The van der Waals surface area contributed by atoms with Crippen LogP contribution in [0.4, 0.5) is 5.13 Å². The van der Waals surface area contributed by atoms with E-state index in [9.17, 15) is 4.79 Å². The fourth-order valence-electron chi connectivity index (χ4n) is 2.13. The Balaban J connectivity index is 1.70. The molecule has 1 aromatic carbocycles. The number of hydrogen-bond donors (Lipinski definition) is 1. The van der Waals surface area contributed by atoms with Gasteiger partial charge in [0.2, 0.25) is 5.91 Å². The van der Waals surface area contributed by atoms with Gasteiger partial charge in [-0.05, 0) is 31.5 Å². The van der Waals surface area contributed by atoms with E-state index < -0.39 is 0 Å². The zero-order chi connectivity index (χ0) is 17.1. The number of aromatic nitrogens is 3. The Morgan fingerprint density at radius 1 is 1.42 bits per heavy atom. The number of carbonyl (C=O) groups excluding carboxylic acids is 1. The molecule has 0 fully saturated rings. The molecule has 1 amide bonds. The van der Waals surface area contributed by atoms with Crippen LogP contribution in [0.1, 0.15) is 11.3 Å². The molecule has 3 rings (SSSR count). The van der Waals surface area contributed by atoms with E-state index in [0.29, 0.717) is 10.2 Å². The Morgan fingerprint density at radius 3 is 3.00 bits per heavy atom. The van der Waals surface area contributed by atoms with Crippen LogP contribution in [0.2, 0.25) is 5.02 Å². The van der Waals surface area contributed by atoms with Gasteiger partial charge in [-0.25, -0.2) is 9.97 Å². The lowest BCUT2D eigenvalue weighted by molar-refractivity contribution is -0.113. The number of thioether (sulfide) groups is 1. The molecule has 0 radical (unpaired) electrons. The van der Waals surface area contributed by atoms with Crippen molar-refractivity contribution in [2.24, 2.45) is 0 Å². The van der Waals surface area contributed by atoms with Crippen LogP contribution >= 0.6 is 34.7 Å². The fraction of sp³-hybridized carbons (Fsp3) is 0.188. The van der Waals surface area contributed by atoms with Gasteiger partial charge in [0.05, 0.1) is 17.1 Å². The molecule has 8 heteroatoms. The summed E-state index contributed by atoms with van der Waals surface area (Å²) < 4.78 is 1.94. The number of hydrogen-bond acceptors (Lipinski definition) is 5. The second-order valence-corrected chi connectivity index (χ2v) is 7.30. The monoisotopic (exact) mass is 378 g/mol. The molecule has 3 aromatic rings. The fourth-order valence-corrected chi connectivity index (χ4v) is 3.77. The lowest BCUT2D eigenvalue weighted by atomic mass is 10.2. The van der Waals surface area contributed by atoms with Crippen LogP contribution in [0.15, 0.2) is 41.1 Å². The predicted octanol–water partition coefficient (Wildman–Crippen LogP) is 4.33. The molecule has 0 spiro atoms. The van der Waals surface area contributed by atoms with Crippen molar-refractivity contribution in [1.29, 1.82) is 0 Å². The van der Waals surface area contributed by atoms with Crippen molar-refractivity contribution in [3.63, 3.8) is 0 Å². The average molecular weight is 379 g/mol. The third kappa shape index (κ3) is 3.80. The number of halogens is 1. The summed E-state index contributed by atoms with van der Waals surface area (Å²) in [7, 11) is 0. The zero-order valence-corrected chi connectivity index (χ0v) is 15.5. The van der Waals surface area contributed by atoms with Crippen LogP contribution in [0.3, 0.4) is 0 Å². The first-order valence-corrected chi connectivity index (χ1v) is 9.42. The molecule has 0 unspecified atom stereocenters. The average Bonchev–Trinajstić information content (AvgIpc) is 3.17. The number of aryl methyl sites for hydroxylation is 1. The Labute approximate surface area is 153 Å². The van der Waals surface area contributed by atoms with Crippen molar-refractivity contribution in [3.05, 3.63) is 52.3 Å². The van der Waals surface area contributed by atoms with E-state index in [0.717, 1.165) is 22.1 Å². The van der Waals surface area contributed by atoms with Crippen molar-refractivity contribution in [2.75, 3.05) is 11.1 Å². The molecule has 124 valence electrons. The molecule has 1 N–H and O–H groups in total. The normalized spacial score (nSPS) is 10.8. The highest BCUT2D eigenvalue weighted by Gasteiger charge is 2.12. The van der Waals surface area contributed by atoms with Gasteiger partial charge in [0.25, 0.3) is 0 Å². The Bertz CT molecular complexity index is 875. The van der Waals surface area contributed by atoms with Crippen molar-refractivity contribution in [1.82, 2.24) is 14.5 Å². The smallest absolute Gasteiger partial charge is 0.236 e. The molecule has 0 aliphatic rings. The summed E-state index contributed by atoms with van der Waals surface area (Å²) in [5.41, 5.74) is 2.83. The van der Waals surface area contributed by atoms with E-state index in [4.69, 9.17) is 11.6 Å². The van der Waals surface area contributed by atoms with E-state index in [2.05, 4.69) is 15.3 Å². The third-order valence-corrected chi connectivity index (χ3v) is 5.56. The van der Waals surface area contributed by atoms with Gasteiger partial charge in [-0.15, -0.1) is 11.3 Å². The molecule has 5 nitrogen and oxygen atoms in total. The van der Waals surface area contributed by atoms with Crippen molar-refractivity contribution in [2.45, 2.75) is 19.0 Å². The summed E-state index contributed by atoms with van der Waals surface area (Å²) in [6, 6.07) is 5.73.